The van der Waals surface area contributed by atoms with Gasteiger partial charge in [0.05, 0.1) is 39.7 Å². The molecular formula is C40H38Cl2FN7O4S. The van der Waals surface area contributed by atoms with Gasteiger partial charge in [0, 0.05) is 76.9 Å². The maximum absolute atomic E-state index is 16.7. The van der Waals surface area contributed by atoms with Gasteiger partial charge in [-0.2, -0.15) is 5.26 Å². The summed E-state index contributed by atoms with van der Waals surface area (Å²) in [5, 5.41) is 26.3. The number of pyridine rings is 1. The summed E-state index contributed by atoms with van der Waals surface area (Å²) in [7, 11) is 1.35. The normalized spacial score (nSPS) is 22.6. The number of aromatic nitrogens is 2. The van der Waals surface area contributed by atoms with Gasteiger partial charge in [0.25, 0.3) is 5.69 Å². The number of hydrogen-bond donors (Lipinski definition) is 2. The van der Waals surface area contributed by atoms with Crippen molar-refractivity contribution < 1.29 is 18.8 Å². The highest BCUT2D eigenvalue weighted by Gasteiger charge is 2.50. The lowest BCUT2D eigenvalue weighted by Gasteiger charge is -2.31. The second kappa shape index (κ2) is 15.2. The number of halogens is 3. The summed E-state index contributed by atoms with van der Waals surface area (Å²) < 4.78 is 24.0. The van der Waals surface area contributed by atoms with E-state index in [-0.39, 0.29) is 51.6 Å². The summed E-state index contributed by atoms with van der Waals surface area (Å²) in [6.45, 7) is 4.18. The fraction of sp³-hybridized carbons (Fsp3) is 0.375. The highest BCUT2D eigenvalue weighted by molar-refractivity contribution is 7.97. The molecule has 10 rings (SSSR count). The van der Waals surface area contributed by atoms with E-state index in [1.165, 1.54) is 44.5 Å². The van der Waals surface area contributed by atoms with Crippen LogP contribution in [0.4, 0.5) is 14.9 Å². The van der Waals surface area contributed by atoms with Gasteiger partial charge in [0.2, 0.25) is 0 Å². The number of likely N-dealkylation sites (tertiary alicyclic amines) is 1. The molecule has 2 aromatic heterocycles. The van der Waals surface area contributed by atoms with E-state index in [9.17, 15) is 20.2 Å². The number of rotatable bonds is 7. The zero-order valence-electron chi connectivity index (χ0n) is 30.2. The third-order valence-electron chi connectivity index (χ3n) is 11.3. The van der Waals surface area contributed by atoms with Crippen LogP contribution in [-0.4, -0.2) is 69.0 Å². The molecule has 2 N–H and O–H groups in total. The fourth-order valence-electron chi connectivity index (χ4n) is 8.76. The van der Waals surface area contributed by atoms with E-state index in [4.69, 9.17) is 32.9 Å². The Kier molecular flexibility index (Phi) is 10.4. The topological polar surface area (TPSA) is 140 Å². The van der Waals surface area contributed by atoms with Crippen molar-refractivity contribution in [2.45, 2.75) is 62.0 Å². The Morgan fingerprint density at radius 1 is 1.15 bits per heavy atom. The Balaban J connectivity index is 0.000000641. The van der Waals surface area contributed by atoms with Crippen LogP contribution in [0.15, 0.2) is 59.5 Å². The molecule has 5 aliphatic rings. The highest BCUT2D eigenvalue weighted by Crippen LogP contribution is 2.49. The van der Waals surface area contributed by atoms with Crippen molar-refractivity contribution >= 4 is 68.7 Å². The van der Waals surface area contributed by atoms with E-state index in [0.717, 1.165) is 29.5 Å². The molecule has 11 nitrogen and oxygen atoms in total. The number of nitrogens with one attached hydrogen (secondary N) is 2. The molecule has 6 heterocycles. The largest absolute Gasteiger partial charge is 0.453 e. The lowest BCUT2D eigenvalue weighted by Crippen LogP contribution is -2.42. The van der Waals surface area contributed by atoms with E-state index in [1.807, 2.05) is 19.1 Å². The minimum atomic E-state index is -0.564. The molecule has 0 radical (unpaired) electrons. The molecule has 1 aliphatic carbocycles. The van der Waals surface area contributed by atoms with Crippen LogP contribution in [-0.2, 0) is 11.2 Å². The minimum Gasteiger partial charge on any atom is -0.453 e. The number of benzene rings is 3. The van der Waals surface area contributed by atoms with Gasteiger partial charge in [-0.15, -0.1) is 0 Å². The molecule has 284 valence electrons. The third-order valence-corrected chi connectivity index (χ3v) is 13.2. The van der Waals surface area contributed by atoms with Crippen molar-refractivity contribution in [3.8, 4) is 17.2 Å². The smallest absolute Gasteiger partial charge is 0.410 e. The van der Waals surface area contributed by atoms with E-state index in [1.54, 1.807) is 41.3 Å². The van der Waals surface area contributed by atoms with Gasteiger partial charge < -0.3 is 15.0 Å². The molecule has 55 heavy (non-hydrogen) atoms. The van der Waals surface area contributed by atoms with Crippen LogP contribution in [0.2, 0.25) is 10.0 Å². The number of nitrogens with zero attached hydrogens (tertiary/aromatic N) is 5. The molecule has 4 aliphatic heterocycles. The monoisotopic (exact) mass is 801 g/mol. The number of carbonyl (C=O) groups is 1. The number of hydrogen-bond acceptors (Lipinski definition) is 9. The molecule has 0 spiro atoms. The van der Waals surface area contributed by atoms with Gasteiger partial charge in [-0.25, -0.2) is 18.5 Å². The van der Waals surface area contributed by atoms with Gasteiger partial charge >= 0.3 is 6.09 Å². The number of methoxy groups -OCH3 is 1. The molecule has 1 saturated carbocycles. The number of nitro groups is 1. The van der Waals surface area contributed by atoms with Crippen LogP contribution in [0.3, 0.4) is 0 Å². The van der Waals surface area contributed by atoms with Crippen molar-refractivity contribution in [3.05, 3.63) is 97.5 Å². The summed E-state index contributed by atoms with van der Waals surface area (Å²) in [6.07, 6.45) is 3.63. The lowest BCUT2D eigenvalue weighted by molar-refractivity contribution is -0.387. The number of carbonyl (C=O) groups excluding carboxylic acids is 1. The zero-order chi connectivity index (χ0) is 38.5. The third kappa shape index (κ3) is 6.89. The van der Waals surface area contributed by atoms with Crippen LogP contribution in [0, 0.1) is 46.0 Å². The summed E-state index contributed by atoms with van der Waals surface area (Å²) in [6, 6.07) is 18.0. The number of aromatic amines is 1. The van der Waals surface area contributed by atoms with Crippen molar-refractivity contribution in [3.63, 3.8) is 0 Å². The first-order valence-electron chi connectivity index (χ1n) is 18.3. The van der Waals surface area contributed by atoms with E-state index >= 15 is 4.39 Å². The van der Waals surface area contributed by atoms with Gasteiger partial charge in [0.1, 0.15) is 10.4 Å². The van der Waals surface area contributed by atoms with Gasteiger partial charge in [0.15, 0.2) is 5.82 Å². The zero-order valence-corrected chi connectivity index (χ0v) is 32.5. The number of amides is 1. The summed E-state index contributed by atoms with van der Waals surface area (Å²) in [5.41, 5.74) is 3.45. The molecule has 3 atom stereocenters. The number of para-hydroxylation sites is 1. The Labute approximate surface area is 331 Å². The molecule has 15 heteroatoms. The SMILES string of the molecule is C1NC2CC1C2.COC(=O)N1C2CC(CN(Sc3ccccc3[N+](=O)[O-])C2)C1c1cc2c(C)nc3c(F)c(-c4cccc(Cl)c4Cl)c(CCC#N)cc3c2[nH]1. The average molecular weight is 803 g/mol. The van der Waals surface area contributed by atoms with Gasteiger partial charge in [-0.1, -0.05) is 47.5 Å². The second-order valence-electron chi connectivity index (χ2n) is 14.7. The van der Waals surface area contributed by atoms with E-state index in [2.05, 4.69) is 20.7 Å². The number of piperidine rings is 1. The maximum Gasteiger partial charge on any atom is 0.410 e. The summed E-state index contributed by atoms with van der Waals surface area (Å²) >= 11 is 14.2. The van der Waals surface area contributed by atoms with Gasteiger partial charge in [-0.3, -0.25) is 15.0 Å². The molecule has 1 amide bonds. The highest BCUT2D eigenvalue weighted by atomic mass is 35.5. The first-order chi connectivity index (χ1) is 26.6. The quantitative estimate of drug-likeness (QED) is 0.0936. The fourth-order valence-corrected chi connectivity index (χ4v) is 10.3. The molecule has 3 aromatic carbocycles. The molecule has 5 aromatic rings. The first-order valence-corrected chi connectivity index (χ1v) is 19.8. The molecular weight excluding hydrogens is 764 g/mol. The maximum atomic E-state index is 16.7. The minimum absolute atomic E-state index is 0.0272. The number of nitro benzene ring substituents is 1. The average Bonchev–Trinajstić information content (AvgIpc) is 3.97. The number of ether oxygens (including phenoxy) is 1. The Morgan fingerprint density at radius 2 is 1.95 bits per heavy atom. The lowest BCUT2D eigenvalue weighted by atomic mass is 9.87. The summed E-state index contributed by atoms with van der Waals surface area (Å²) in [5.74, 6) is 0.488. The van der Waals surface area contributed by atoms with Crippen molar-refractivity contribution in [2.24, 2.45) is 11.8 Å². The van der Waals surface area contributed by atoms with E-state index < -0.39 is 22.9 Å². The van der Waals surface area contributed by atoms with Crippen LogP contribution in [0.25, 0.3) is 32.9 Å². The molecule has 5 fully saturated rings. The van der Waals surface area contributed by atoms with Crippen LogP contribution >= 0.6 is 35.1 Å². The Morgan fingerprint density at radius 3 is 2.64 bits per heavy atom. The Bertz CT molecular complexity index is 2370. The molecule has 4 saturated heterocycles. The van der Waals surface area contributed by atoms with Crippen molar-refractivity contribution in [2.75, 3.05) is 26.7 Å². The predicted molar refractivity (Wildman–Crippen MR) is 212 cm³/mol. The molecule has 4 bridgehead atoms. The predicted octanol–water partition coefficient (Wildman–Crippen LogP) is 9.39. The van der Waals surface area contributed by atoms with Crippen molar-refractivity contribution in [1.29, 1.82) is 5.26 Å². The van der Waals surface area contributed by atoms with Crippen LogP contribution < -0.4 is 5.32 Å². The standard InChI is InChI=1S/C35H29Cl2FN6O4S.C5H9N/c1-18-23-15-26(34-20-13-21(43(34)35(45)48-2)17-42(16-20)49-28-11-4-3-10-27(28)44(46)47)41-32(23)24-14-19(7-6-12-39)29(31(38)33(24)40-18)22-8-5-9-25(36)30(22)37;1-4-2-5(1)6-3-4/h3-5,8-11,14-15,20-21,34,41H,6-7,13,16-17H2,1-2H3;4-6H,1-3H2. The second-order valence-corrected chi connectivity index (χ2v) is 16.6. The van der Waals surface area contributed by atoms with Crippen molar-refractivity contribution in [1.82, 2.24) is 24.5 Å². The number of aryl methyl sites for hydroxylation is 2. The number of fused-ring (bicyclic) bond motifs is 6. The van der Waals surface area contributed by atoms with Gasteiger partial charge in [-0.05, 0) is 86.8 Å². The first kappa shape index (κ1) is 37.5. The Hall–Kier alpha value is -4.45. The summed E-state index contributed by atoms with van der Waals surface area (Å²) in [4.78, 5) is 35.1. The van der Waals surface area contributed by atoms with Crippen LogP contribution in [0.1, 0.15) is 48.7 Å². The number of H-pyrrole nitrogens is 1. The number of nitriles is 1. The van der Waals surface area contributed by atoms with E-state index in [0.29, 0.717) is 45.7 Å². The molecule has 3 unspecified atom stereocenters. The van der Waals surface area contributed by atoms with Crippen LogP contribution in [0.5, 0.6) is 0 Å².